The summed E-state index contributed by atoms with van der Waals surface area (Å²) in [6.45, 7) is 4.31. The number of aromatic nitrogens is 1. The van der Waals surface area contributed by atoms with Crippen molar-refractivity contribution in [1.29, 1.82) is 0 Å². The lowest BCUT2D eigenvalue weighted by Gasteiger charge is -2.22. The number of methoxy groups -OCH3 is 1. The van der Waals surface area contributed by atoms with Crippen molar-refractivity contribution in [3.05, 3.63) is 53.2 Å². The molecule has 152 valence electrons. The zero-order valence-corrected chi connectivity index (χ0v) is 15.7. The van der Waals surface area contributed by atoms with Crippen molar-refractivity contribution in [1.82, 2.24) is 9.88 Å². The molecule has 1 aromatic heterocycles. The van der Waals surface area contributed by atoms with Gasteiger partial charge in [0, 0.05) is 12.1 Å². The molecule has 0 aliphatic heterocycles. The number of rotatable bonds is 7. The molecule has 0 unspecified atom stereocenters. The number of carbonyl (C=O) groups excluding carboxylic acids is 2. The summed E-state index contributed by atoms with van der Waals surface area (Å²) in [4.78, 5) is 29.7. The highest BCUT2D eigenvalue weighted by Crippen LogP contribution is 2.29. The van der Waals surface area contributed by atoms with Crippen molar-refractivity contribution in [3.8, 4) is 0 Å². The van der Waals surface area contributed by atoms with E-state index in [0.29, 0.717) is 18.9 Å². The van der Waals surface area contributed by atoms with Crippen LogP contribution in [0.15, 0.2) is 34.9 Å². The number of amides is 1. The largest absolute Gasteiger partial charge is 0.464 e. The van der Waals surface area contributed by atoms with Crippen molar-refractivity contribution in [3.63, 3.8) is 0 Å². The average molecular weight is 398 g/mol. The van der Waals surface area contributed by atoms with Gasteiger partial charge in [0.25, 0.3) is 5.91 Å². The average Bonchev–Trinajstić information content (AvgIpc) is 3.11. The molecule has 6 nitrogen and oxygen atoms in total. The fourth-order valence-corrected chi connectivity index (χ4v) is 2.40. The molecule has 2 aromatic rings. The first-order valence-electron chi connectivity index (χ1n) is 8.61. The van der Waals surface area contributed by atoms with Crippen LogP contribution in [-0.4, -0.2) is 35.4 Å². The van der Waals surface area contributed by atoms with Crippen molar-refractivity contribution in [2.75, 3.05) is 13.7 Å². The SMILES string of the molecule is COC(=O)c1coc(CN(CCC(C)C)C(=O)c2ccc(C(F)(F)F)cc2)n1. The smallest absolute Gasteiger partial charge is 0.416 e. The van der Waals surface area contributed by atoms with Crippen LogP contribution >= 0.6 is 0 Å². The van der Waals surface area contributed by atoms with Gasteiger partial charge in [-0.25, -0.2) is 9.78 Å². The Morgan fingerprint density at radius 1 is 1.21 bits per heavy atom. The van der Waals surface area contributed by atoms with Crippen LogP contribution in [0.3, 0.4) is 0 Å². The maximum absolute atomic E-state index is 12.8. The number of halogens is 3. The van der Waals surface area contributed by atoms with E-state index in [9.17, 15) is 22.8 Å². The Bertz CT molecular complexity index is 813. The molecule has 0 aliphatic carbocycles. The van der Waals surface area contributed by atoms with Crippen LogP contribution in [0.4, 0.5) is 13.2 Å². The minimum atomic E-state index is -4.47. The monoisotopic (exact) mass is 398 g/mol. The van der Waals surface area contributed by atoms with E-state index in [-0.39, 0.29) is 23.7 Å². The molecule has 0 spiro atoms. The van der Waals surface area contributed by atoms with Crippen LogP contribution in [-0.2, 0) is 17.5 Å². The van der Waals surface area contributed by atoms with Gasteiger partial charge in [-0.1, -0.05) is 13.8 Å². The Morgan fingerprint density at radius 3 is 2.39 bits per heavy atom. The zero-order valence-electron chi connectivity index (χ0n) is 15.7. The summed E-state index contributed by atoms with van der Waals surface area (Å²) >= 11 is 0. The molecule has 0 saturated carbocycles. The van der Waals surface area contributed by atoms with E-state index in [1.165, 1.54) is 12.0 Å². The lowest BCUT2D eigenvalue weighted by atomic mass is 10.1. The maximum atomic E-state index is 12.8. The number of esters is 1. The molecule has 0 atom stereocenters. The Labute approximate surface area is 160 Å². The number of hydrogen-bond acceptors (Lipinski definition) is 5. The molecule has 0 bridgehead atoms. The molecule has 1 heterocycles. The second-order valence-electron chi connectivity index (χ2n) is 6.60. The van der Waals surface area contributed by atoms with Gasteiger partial charge in [-0.15, -0.1) is 0 Å². The Hall–Kier alpha value is -2.84. The first-order valence-corrected chi connectivity index (χ1v) is 8.61. The van der Waals surface area contributed by atoms with Gasteiger partial charge < -0.3 is 14.1 Å². The molecular formula is C19H21F3N2O4. The van der Waals surface area contributed by atoms with Gasteiger partial charge in [0.2, 0.25) is 5.89 Å². The van der Waals surface area contributed by atoms with Crippen LogP contribution < -0.4 is 0 Å². The molecular weight excluding hydrogens is 377 g/mol. The number of nitrogens with zero attached hydrogens (tertiary/aromatic N) is 2. The van der Waals surface area contributed by atoms with E-state index in [1.54, 1.807) is 0 Å². The maximum Gasteiger partial charge on any atom is 0.416 e. The number of ether oxygens (including phenoxy) is 1. The molecule has 0 aliphatic rings. The molecule has 28 heavy (non-hydrogen) atoms. The minimum Gasteiger partial charge on any atom is -0.464 e. The van der Waals surface area contributed by atoms with Gasteiger partial charge >= 0.3 is 12.1 Å². The van der Waals surface area contributed by atoms with Gasteiger partial charge in [0.05, 0.1) is 19.2 Å². The number of benzene rings is 1. The standard InChI is InChI=1S/C19H21F3N2O4/c1-12(2)8-9-24(10-16-23-15(11-28-16)18(26)27-3)17(25)13-4-6-14(7-5-13)19(20,21)22/h4-7,11-12H,8-10H2,1-3H3. The van der Waals surface area contributed by atoms with E-state index in [4.69, 9.17) is 4.42 Å². The second-order valence-corrected chi connectivity index (χ2v) is 6.60. The normalized spacial score (nSPS) is 11.5. The number of oxazole rings is 1. The summed E-state index contributed by atoms with van der Waals surface area (Å²) in [6, 6.07) is 4.02. The second kappa shape index (κ2) is 8.90. The summed E-state index contributed by atoms with van der Waals surface area (Å²) in [5.74, 6) is -0.687. The highest BCUT2D eigenvalue weighted by molar-refractivity contribution is 5.94. The van der Waals surface area contributed by atoms with Crippen molar-refractivity contribution >= 4 is 11.9 Å². The topological polar surface area (TPSA) is 72.6 Å². The number of hydrogen-bond donors (Lipinski definition) is 0. The number of alkyl halides is 3. The van der Waals surface area contributed by atoms with Crippen molar-refractivity contribution in [2.45, 2.75) is 33.0 Å². The van der Waals surface area contributed by atoms with E-state index in [1.807, 2.05) is 13.8 Å². The molecule has 2 rings (SSSR count). The van der Waals surface area contributed by atoms with Gasteiger partial charge in [-0.2, -0.15) is 13.2 Å². The molecule has 9 heteroatoms. The zero-order chi connectivity index (χ0) is 20.9. The lowest BCUT2D eigenvalue weighted by molar-refractivity contribution is -0.137. The molecule has 0 radical (unpaired) electrons. The quantitative estimate of drug-likeness (QED) is 0.655. The highest BCUT2D eigenvalue weighted by atomic mass is 19.4. The Morgan fingerprint density at radius 2 is 1.86 bits per heavy atom. The van der Waals surface area contributed by atoms with Crippen molar-refractivity contribution in [2.24, 2.45) is 5.92 Å². The predicted molar refractivity (Wildman–Crippen MR) is 93.5 cm³/mol. The van der Waals surface area contributed by atoms with Gasteiger partial charge in [0.15, 0.2) is 5.69 Å². The van der Waals surface area contributed by atoms with Crippen LogP contribution in [0.2, 0.25) is 0 Å². The first kappa shape index (κ1) is 21.5. The Kier molecular flexibility index (Phi) is 6.82. The van der Waals surface area contributed by atoms with E-state index >= 15 is 0 Å². The van der Waals surface area contributed by atoms with E-state index < -0.39 is 23.6 Å². The van der Waals surface area contributed by atoms with Crippen LogP contribution in [0.5, 0.6) is 0 Å². The van der Waals surface area contributed by atoms with Crippen LogP contribution in [0, 0.1) is 5.92 Å². The summed E-state index contributed by atoms with van der Waals surface area (Å²) < 4.78 is 47.9. The molecule has 0 fully saturated rings. The summed E-state index contributed by atoms with van der Waals surface area (Å²) in [5, 5.41) is 0. The number of carbonyl (C=O) groups is 2. The van der Waals surface area contributed by atoms with Gasteiger partial charge in [-0.3, -0.25) is 4.79 Å². The Balaban J connectivity index is 2.20. The summed E-state index contributed by atoms with van der Waals surface area (Å²) in [6.07, 6.45) is -2.66. The fraction of sp³-hybridized carbons (Fsp3) is 0.421. The highest BCUT2D eigenvalue weighted by Gasteiger charge is 2.30. The first-order chi connectivity index (χ1) is 13.1. The van der Waals surface area contributed by atoms with E-state index in [0.717, 1.165) is 30.5 Å². The third-order valence-corrected chi connectivity index (χ3v) is 4.00. The van der Waals surface area contributed by atoms with Gasteiger partial charge in [0.1, 0.15) is 6.26 Å². The van der Waals surface area contributed by atoms with E-state index in [2.05, 4.69) is 9.72 Å². The van der Waals surface area contributed by atoms with Crippen LogP contribution in [0.25, 0.3) is 0 Å². The molecule has 0 saturated heterocycles. The third kappa shape index (κ3) is 5.58. The summed E-state index contributed by atoms with van der Waals surface area (Å²) in [7, 11) is 1.21. The van der Waals surface area contributed by atoms with Crippen molar-refractivity contribution < 1.29 is 31.9 Å². The fourth-order valence-electron chi connectivity index (χ4n) is 2.40. The van der Waals surface area contributed by atoms with Crippen LogP contribution in [0.1, 0.15) is 52.6 Å². The van der Waals surface area contributed by atoms with Gasteiger partial charge in [-0.05, 0) is 36.6 Å². The lowest BCUT2D eigenvalue weighted by Crippen LogP contribution is -2.32. The third-order valence-electron chi connectivity index (χ3n) is 4.00. The minimum absolute atomic E-state index is 0.0242. The molecule has 0 N–H and O–H groups in total. The molecule has 1 aromatic carbocycles. The predicted octanol–water partition coefficient (Wildman–Crippen LogP) is 4.17. The summed E-state index contributed by atoms with van der Waals surface area (Å²) in [5.41, 5.74) is -0.729. The molecule has 1 amide bonds.